The normalized spacial score (nSPS) is 12.0. The molecule has 0 aliphatic rings. The molecule has 1 heterocycles. The van der Waals surface area contributed by atoms with Crippen LogP contribution >= 0.6 is 0 Å². The fourth-order valence-corrected chi connectivity index (χ4v) is 4.80. The number of rotatable bonds is 1. The molecule has 1 aromatic heterocycles. The summed E-state index contributed by atoms with van der Waals surface area (Å²) in [6, 6.07) is 31.2. The monoisotopic (exact) mass is 345 g/mol. The second-order valence-electron chi connectivity index (χ2n) is 7.27. The van der Waals surface area contributed by atoms with Gasteiger partial charge in [-0.1, -0.05) is 72.8 Å². The van der Waals surface area contributed by atoms with Gasteiger partial charge in [0, 0.05) is 28.4 Å². The Bertz CT molecular complexity index is 1500. The van der Waals surface area contributed by atoms with Crippen LogP contribution in [-0.4, -0.2) is 4.57 Å². The Labute approximate surface area is 157 Å². The van der Waals surface area contributed by atoms with E-state index in [1.54, 1.807) is 0 Å². The van der Waals surface area contributed by atoms with Gasteiger partial charge in [0.1, 0.15) is 0 Å². The highest BCUT2D eigenvalue weighted by molar-refractivity contribution is 6.28. The molecule has 6 aromatic rings. The van der Waals surface area contributed by atoms with Crippen molar-refractivity contribution < 1.29 is 0 Å². The first-order chi connectivity index (χ1) is 13.4. The average molecular weight is 345 g/mol. The van der Waals surface area contributed by atoms with Crippen molar-refractivity contribution in [1.82, 2.24) is 4.57 Å². The number of nitrogens with zero attached hydrogens (tertiary/aromatic N) is 1. The molecule has 128 valence electrons. The van der Waals surface area contributed by atoms with E-state index < -0.39 is 0 Å². The predicted octanol–water partition coefficient (Wildman–Crippen LogP) is 7.27. The summed E-state index contributed by atoms with van der Waals surface area (Å²) in [6.07, 6.45) is 0. The molecule has 5 aromatic carbocycles. The lowest BCUT2D eigenvalue weighted by Crippen LogP contribution is -1.92. The van der Waals surface area contributed by atoms with E-state index in [0.29, 0.717) is 0 Å². The summed E-state index contributed by atoms with van der Waals surface area (Å²) in [6.45, 7) is 3.20. The van der Waals surface area contributed by atoms with Gasteiger partial charge in [-0.2, -0.15) is 0 Å². The van der Waals surface area contributed by atoms with Crippen LogP contribution in [0.1, 0.15) is 6.92 Å². The SMILES string of the molecule is CCn1c2ccccc2c2c3ccc4ccc5ccccc5c4c3ccc21. The lowest BCUT2D eigenvalue weighted by molar-refractivity contribution is 0.827. The molecule has 0 radical (unpaired) electrons. The van der Waals surface area contributed by atoms with Gasteiger partial charge in [-0.25, -0.2) is 0 Å². The van der Waals surface area contributed by atoms with Crippen LogP contribution in [0, 0.1) is 0 Å². The predicted molar refractivity (Wildman–Crippen MR) is 118 cm³/mol. The Hall–Kier alpha value is -3.32. The zero-order valence-corrected chi connectivity index (χ0v) is 15.2. The fraction of sp³-hybridized carbons (Fsp3) is 0.0769. The number of aromatic nitrogens is 1. The van der Waals surface area contributed by atoms with E-state index in [1.165, 1.54) is 54.1 Å². The minimum Gasteiger partial charge on any atom is -0.341 e. The van der Waals surface area contributed by atoms with Crippen LogP contribution in [0.2, 0.25) is 0 Å². The molecule has 27 heavy (non-hydrogen) atoms. The Balaban J connectivity index is 1.92. The molecule has 1 nitrogen and oxygen atoms in total. The Kier molecular flexibility index (Phi) is 2.93. The first-order valence-corrected chi connectivity index (χ1v) is 9.61. The van der Waals surface area contributed by atoms with Crippen LogP contribution in [0.25, 0.3) is 54.1 Å². The van der Waals surface area contributed by atoms with Gasteiger partial charge in [-0.15, -0.1) is 0 Å². The van der Waals surface area contributed by atoms with Gasteiger partial charge in [0.15, 0.2) is 0 Å². The van der Waals surface area contributed by atoms with Crippen molar-refractivity contribution in [3.63, 3.8) is 0 Å². The van der Waals surface area contributed by atoms with Crippen LogP contribution < -0.4 is 0 Å². The molecule has 0 saturated heterocycles. The van der Waals surface area contributed by atoms with Crippen molar-refractivity contribution in [1.29, 1.82) is 0 Å². The van der Waals surface area contributed by atoms with Crippen LogP contribution in [-0.2, 0) is 6.54 Å². The summed E-state index contributed by atoms with van der Waals surface area (Å²) in [5, 5.41) is 10.7. The molecule has 0 aliphatic carbocycles. The summed E-state index contributed by atoms with van der Waals surface area (Å²) in [7, 11) is 0. The highest BCUT2D eigenvalue weighted by Crippen LogP contribution is 2.39. The van der Waals surface area contributed by atoms with Gasteiger partial charge in [0.05, 0.1) is 0 Å². The molecule has 0 N–H and O–H groups in total. The van der Waals surface area contributed by atoms with E-state index in [4.69, 9.17) is 0 Å². The number of hydrogen-bond donors (Lipinski definition) is 0. The molecular formula is C26H19N. The third kappa shape index (κ3) is 1.89. The number of aryl methyl sites for hydroxylation is 1. The summed E-state index contributed by atoms with van der Waals surface area (Å²) < 4.78 is 2.43. The minimum absolute atomic E-state index is 0.978. The quantitative estimate of drug-likeness (QED) is 0.276. The summed E-state index contributed by atoms with van der Waals surface area (Å²) in [5.74, 6) is 0. The van der Waals surface area contributed by atoms with E-state index >= 15 is 0 Å². The molecule has 0 amide bonds. The molecule has 0 aliphatic heterocycles. The Morgan fingerprint density at radius 1 is 0.519 bits per heavy atom. The van der Waals surface area contributed by atoms with Gasteiger partial charge in [0.2, 0.25) is 0 Å². The zero-order valence-electron chi connectivity index (χ0n) is 15.2. The molecule has 0 bridgehead atoms. The second kappa shape index (κ2) is 5.34. The van der Waals surface area contributed by atoms with Crippen LogP contribution in [0.4, 0.5) is 0 Å². The molecule has 0 atom stereocenters. The van der Waals surface area contributed by atoms with Crippen molar-refractivity contribution in [3.05, 3.63) is 84.9 Å². The van der Waals surface area contributed by atoms with Crippen LogP contribution in [0.3, 0.4) is 0 Å². The Morgan fingerprint density at radius 2 is 1.19 bits per heavy atom. The van der Waals surface area contributed by atoms with E-state index in [2.05, 4.69) is 96.4 Å². The van der Waals surface area contributed by atoms with Crippen molar-refractivity contribution in [2.45, 2.75) is 13.5 Å². The minimum atomic E-state index is 0.978. The molecule has 0 spiro atoms. The van der Waals surface area contributed by atoms with E-state index in [0.717, 1.165) is 6.54 Å². The Morgan fingerprint density at radius 3 is 2.07 bits per heavy atom. The molecule has 0 fully saturated rings. The molecule has 0 unspecified atom stereocenters. The highest BCUT2D eigenvalue weighted by atomic mass is 15.0. The van der Waals surface area contributed by atoms with Gasteiger partial charge in [0.25, 0.3) is 0 Å². The first-order valence-electron chi connectivity index (χ1n) is 9.61. The standard InChI is InChI=1S/C26H19N/c1-2-27-23-10-6-5-9-22(23)26-21-14-13-18-12-11-17-7-3-4-8-19(17)25(18)20(21)15-16-24(26)27/h3-16H,2H2,1H3. The summed E-state index contributed by atoms with van der Waals surface area (Å²) in [5.41, 5.74) is 2.64. The summed E-state index contributed by atoms with van der Waals surface area (Å²) in [4.78, 5) is 0. The van der Waals surface area contributed by atoms with E-state index in [1.807, 2.05) is 0 Å². The first kappa shape index (κ1) is 14.8. The van der Waals surface area contributed by atoms with E-state index in [-0.39, 0.29) is 0 Å². The average Bonchev–Trinajstić information content (AvgIpc) is 3.07. The molecule has 0 saturated carbocycles. The van der Waals surface area contributed by atoms with Gasteiger partial charge in [-0.3, -0.25) is 0 Å². The smallest absolute Gasteiger partial charge is 0.0497 e. The molecule has 1 heteroatoms. The largest absolute Gasteiger partial charge is 0.341 e. The third-order valence-corrected chi connectivity index (χ3v) is 5.95. The van der Waals surface area contributed by atoms with Crippen molar-refractivity contribution >= 4 is 54.1 Å². The number of hydrogen-bond acceptors (Lipinski definition) is 0. The van der Waals surface area contributed by atoms with Crippen LogP contribution in [0.15, 0.2) is 84.9 Å². The maximum absolute atomic E-state index is 2.43. The summed E-state index contributed by atoms with van der Waals surface area (Å²) >= 11 is 0. The zero-order chi connectivity index (χ0) is 18.0. The lowest BCUT2D eigenvalue weighted by atomic mass is 9.94. The number of para-hydroxylation sites is 1. The van der Waals surface area contributed by atoms with Crippen molar-refractivity contribution in [2.75, 3.05) is 0 Å². The van der Waals surface area contributed by atoms with Gasteiger partial charge in [-0.05, 0) is 51.4 Å². The van der Waals surface area contributed by atoms with Crippen molar-refractivity contribution in [3.8, 4) is 0 Å². The lowest BCUT2D eigenvalue weighted by Gasteiger charge is -2.10. The topological polar surface area (TPSA) is 4.93 Å². The fourth-order valence-electron chi connectivity index (χ4n) is 4.80. The molecular weight excluding hydrogens is 326 g/mol. The van der Waals surface area contributed by atoms with Gasteiger partial charge < -0.3 is 4.57 Å². The number of benzene rings is 5. The third-order valence-electron chi connectivity index (χ3n) is 5.95. The highest BCUT2D eigenvalue weighted by Gasteiger charge is 2.14. The van der Waals surface area contributed by atoms with Crippen molar-refractivity contribution in [2.24, 2.45) is 0 Å². The second-order valence-corrected chi connectivity index (χ2v) is 7.27. The van der Waals surface area contributed by atoms with Crippen LogP contribution in [0.5, 0.6) is 0 Å². The maximum atomic E-state index is 2.43. The van der Waals surface area contributed by atoms with Gasteiger partial charge >= 0.3 is 0 Å². The molecule has 6 rings (SSSR count). The maximum Gasteiger partial charge on any atom is 0.0497 e. The van der Waals surface area contributed by atoms with E-state index in [9.17, 15) is 0 Å². The number of fused-ring (bicyclic) bond motifs is 9.